The Kier molecular flexibility index (Phi) is 15.3. The molecule has 0 spiro atoms. The number of hydrogen-bond donors (Lipinski definition) is 0. The maximum atomic E-state index is 13.4. The summed E-state index contributed by atoms with van der Waals surface area (Å²) in [6.07, 6.45) is -13.5. The number of esters is 7. The van der Waals surface area contributed by atoms with Crippen LogP contribution in [-0.2, 0) is 91.7 Å². The maximum absolute atomic E-state index is 13.4. The lowest BCUT2D eigenvalue weighted by atomic mass is 9.97. The van der Waals surface area contributed by atoms with Gasteiger partial charge in [0.2, 0.25) is 0 Å². The third-order valence-corrected chi connectivity index (χ3v) is 8.33. The molecule has 0 aliphatic carbocycles. The van der Waals surface area contributed by atoms with Crippen molar-refractivity contribution in [1.29, 1.82) is 0 Å². The third kappa shape index (κ3) is 11.8. The van der Waals surface area contributed by atoms with Crippen LogP contribution in [0.1, 0.15) is 62.3 Å². The Bertz CT molecular complexity index is 1230. The van der Waals surface area contributed by atoms with E-state index in [1.165, 1.54) is 0 Å². The van der Waals surface area contributed by atoms with Crippen LogP contribution in [-0.4, -0.2) is 125 Å². The molecule has 0 saturated carbocycles. The largest absolute Gasteiger partial charge is 0.463 e. The minimum absolute atomic E-state index is 0.526. The predicted molar refractivity (Wildman–Crippen MR) is 157 cm³/mol. The number of rotatable bonds is 13. The van der Waals surface area contributed by atoms with Crippen LogP contribution in [0.15, 0.2) is 0 Å². The first-order valence-corrected chi connectivity index (χ1v) is 16.1. The van der Waals surface area contributed by atoms with Crippen molar-refractivity contribution in [2.45, 2.75) is 128 Å². The van der Waals surface area contributed by atoms with E-state index in [4.69, 9.17) is 47.4 Å². The Morgan fingerprint density at radius 3 is 1.31 bits per heavy atom. The van der Waals surface area contributed by atoms with Crippen LogP contribution in [0.5, 0.6) is 0 Å². The van der Waals surface area contributed by atoms with Gasteiger partial charge in [-0.25, -0.2) is 0 Å². The molecule has 19 heteroatoms. The molecule has 2 aliphatic heterocycles. The Hall–Kier alpha value is -3.68. The molecular formula is C29H42O18S. The van der Waals surface area contributed by atoms with E-state index in [0.717, 1.165) is 48.5 Å². The Morgan fingerprint density at radius 1 is 0.521 bits per heavy atom. The number of carbonyl (C=O) groups excluding carboxylic acids is 7. The van der Waals surface area contributed by atoms with Crippen molar-refractivity contribution in [2.75, 3.05) is 13.2 Å². The molecule has 0 aromatic heterocycles. The molecule has 0 aromatic rings. The number of carbonyl (C=O) groups is 7. The second kappa shape index (κ2) is 18.2. The van der Waals surface area contributed by atoms with E-state index in [9.17, 15) is 37.8 Å². The minimum Gasteiger partial charge on any atom is -0.463 e. The smallest absolute Gasteiger partial charge is 0.303 e. The zero-order valence-electron chi connectivity index (χ0n) is 28.0. The van der Waals surface area contributed by atoms with E-state index in [-0.39, 0.29) is 0 Å². The van der Waals surface area contributed by atoms with Crippen molar-refractivity contribution in [2.24, 2.45) is 0 Å². The fraction of sp³-hybridized carbons (Fsp3) is 0.759. The molecular weight excluding hydrogens is 668 g/mol. The highest BCUT2D eigenvalue weighted by Crippen LogP contribution is 2.34. The maximum Gasteiger partial charge on any atom is 0.303 e. The van der Waals surface area contributed by atoms with Gasteiger partial charge in [-0.2, -0.15) is 0 Å². The summed E-state index contributed by atoms with van der Waals surface area (Å²) in [7, 11) is -1.89. The summed E-state index contributed by atoms with van der Waals surface area (Å²) in [6.45, 7) is 9.50. The second-order valence-corrected chi connectivity index (χ2v) is 13.1. The van der Waals surface area contributed by atoms with E-state index in [2.05, 4.69) is 0 Å². The van der Waals surface area contributed by atoms with Gasteiger partial charge in [0.25, 0.3) is 0 Å². The summed E-state index contributed by atoms with van der Waals surface area (Å²) >= 11 is 0. The third-order valence-electron chi connectivity index (χ3n) is 6.56. The average molecular weight is 711 g/mol. The van der Waals surface area contributed by atoms with E-state index in [1.54, 1.807) is 13.8 Å². The van der Waals surface area contributed by atoms with Gasteiger partial charge in [-0.05, 0) is 0 Å². The van der Waals surface area contributed by atoms with Crippen LogP contribution in [0, 0.1) is 0 Å². The molecule has 0 amide bonds. The summed E-state index contributed by atoms with van der Waals surface area (Å²) < 4.78 is 68.8. The van der Waals surface area contributed by atoms with Crippen molar-refractivity contribution in [3.63, 3.8) is 0 Å². The lowest BCUT2D eigenvalue weighted by molar-refractivity contribution is -0.317. The standard InChI is InChI=1S/C29H42O18S/c1-12(2)48(37)29-27(45-19(9)36)25(43-17(7)34)23(41-15(5)32)21(47-29)11-39-28-26(44-18(8)35)24(42-16(6)33)22(40-14(4)31)20(46-28)10-38-13(3)30/h12,20-29H,10-11H2,1-9H3/t20-,21-,22-,23-,24+,25+,26-,27-,28-,29+,48?/m1/s1. The van der Waals surface area contributed by atoms with Crippen LogP contribution in [0.2, 0.25) is 0 Å². The lowest BCUT2D eigenvalue weighted by Crippen LogP contribution is -2.65. The zero-order valence-corrected chi connectivity index (χ0v) is 28.8. The summed E-state index contributed by atoms with van der Waals surface area (Å²) in [5.41, 5.74) is -1.42. The van der Waals surface area contributed by atoms with Crippen molar-refractivity contribution in [1.82, 2.24) is 0 Å². The van der Waals surface area contributed by atoms with E-state index in [1.807, 2.05) is 0 Å². The monoisotopic (exact) mass is 710 g/mol. The molecule has 0 aromatic carbocycles. The topological polar surface area (TPSA) is 229 Å². The fourth-order valence-electron chi connectivity index (χ4n) is 4.96. The lowest BCUT2D eigenvalue weighted by Gasteiger charge is -2.46. The van der Waals surface area contributed by atoms with Crippen molar-refractivity contribution in [3.05, 3.63) is 0 Å². The predicted octanol–water partition coefficient (Wildman–Crippen LogP) is -0.237. The molecule has 2 saturated heterocycles. The molecule has 11 atom stereocenters. The van der Waals surface area contributed by atoms with Gasteiger partial charge in [0.05, 0.1) is 17.4 Å². The van der Waals surface area contributed by atoms with Gasteiger partial charge in [-0.1, -0.05) is 13.8 Å². The van der Waals surface area contributed by atoms with Gasteiger partial charge in [0.15, 0.2) is 48.3 Å². The highest BCUT2D eigenvalue weighted by Gasteiger charge is 2.56. The normalized spacial score (nSPS) is 30.6. The van der Waals surface area contributed by atoms with Crippen LogP contribution >= 0.6 is 0 Å². The van der Waals surface area contributed by atoms with Crippen molar-refractivity contribution in [3.8, 4) is 0 Å². The van der Waals surface area contributed by atoms with Gasteiger partial charge in [0.1, 0.15) is 18.8 Å². The van der Waals surface area contributed by atoms with Crippen LogP contribution in [0.25, 0.3) is 0 Å². The molecule has 272 valence electrons. The Balaban J connectivity index is 2.61. The first-order chi connectivity index (χ1) is 22.3. The van der Waals surface area contributed by atoms with Gasteiger partial charge in [-0.15, -0.1) is 0 Å². The molecule has 48 heavy (non-hydrogen) atoms. The first-order valence-electron chi connectivity index (χ1n) is 14.8. The van der Waals surface area contributed by atoms with Gasteiger partial charge in [-0.3, -0.25) is 37.8 Å². The molecule has 0 N–H and O–H groups in total. The van der Waals surface area contributed by atoms with Crippen LogP contribution < -0.4 is 0 Å². The summed E-state index contributed by atoms with van der Waals surface area (Å²) in [5, 5.41) is -0.558. The highest BCUT2D eigenvalue weighted by atomic mass is 32.2. The van der Waals surface area contributed by atoms with Gasteiger partial charge in [0, 0.05) is 53.7 Å². The highest BCUT2D eigenvalue weighted by molar-refractivity contribution is 7.86. The fourth-order valence-corrected chi connectivity index (χ4v) is 6.22. The SMILES string of the molecule is CC(=O)OC[C@H]1O[C@@H](OC[C@H]2O[C@@H](S(=O)C(C)C)[C@H](OC(C)=O)[C@@H](OC(C)=O)[C@@H]2OC(C)=O)[C@H](OC(C)=O)[C@@H](OC(C)=O)[C@@H]1OC(C)=O. The second-order valence-electron chi connectivity index (χ2n) is 11.0. The summed E-state index contributed by atoms with van der Waals surface area (Å²) in [4.78, 5) is 84.5. The molecule has 18 nitrogen and oxygen atoms in total. The quantitative estimate of drug-likeness (QED) is 0.177. The summed E-state index contributed by atoms with van der Waals surface area (Å²) in [5.74, 6) is -5.86. The minimum atomic E-state index is -1.89. The van der Waals surface area contributed by atoms with E-state index >= 15 is 0 Å². The Labute approximate surface area is 279 Å². The molecule has 2 rings (SSSR count). The molecule has 2 heterocycles. The average Bonchev–Trinajstić information content (AvgIpc) is 2.94. The van der Waals surface area contributed by atoms with Crippen LogP contribution in [0.3, 0.4) is 0 Å². The zero-order chi connectivity index (χ0) is 36.5. The number of hydrogen-bond acceptors (Lipinski definition) is 18. The molecule has 0 bridgehead atoms. The molecule has 2 fully saturated rings. The van der Waals surface area contributed by atoms with Gasteiger partial charge >= 0.3 is 41.8 Å². The summed E-state index contributed by atoms with van der Waals surface area (Å²) in [6, 6.07) is 0. The van der Waals surface area contributed by atoms with Crippen molar-refractivity contribution >= 4 is 52.6 Å². The van der Waals surface area contributed by atoms with Gasteiger partial charge < -0.3 is 47.4 Å². The molecule has 1 unspecified atom stereocenters. The number of ether oxygens (including phenoxy) is 10. The molecule has 0 radical (unpaired) electrons. The van der Waals surface area contributed by atoms with Crippen LogP contribution in [0.4, 0.5) is 0 Å². The first kappa shape index (κ1) is 40.5. The van der Waals surface area contributed by atoms with Crippen molar-refractivity contribution < 1.29 is 85.1 Å². The Morgan fingerprint density at radius 2 is 0.896 bits per heavy atom. The van der Waals surface area contributed by atoms with E-state index in [0.29, 0.717) is 0 Å². The van der Waals surface area contributed by atoms with E-state index < -0.39 is 132 Å². The molecule has 2 aliphatic rings.